The lowest BCUT2D eigenvalue weighted by Gasteiger charge is -2.34. The zero-order valence-corrected chi connectivity index (χ0v) is 19.2. The molecule has 0 bridgehead atoms. The predicted octanol–water partition coefficient (Wildman–Crippen LogP) is 5.41. The highest BCUT2D eigenvalue weighted by atomic mass is 79.9. The fourth-order valence-corrected chi connectivity index (χ4v) is 4.22. The van der Waals surface area contributed by atoms with Gasteiger partial charge < -0.3 is 15.0 Å². The predicted molar refractivity (Wildman–Crippen MR) is 125 cm³/mol. The fraction of sp³-hybridized carbons (Fsp3) is 0.292. The van der Waals surface area contributed by atoms with Crippen molar-refractivity contribution >= 4 is 27.6 Å². The maximum Gasteiger partial charge on any atom is 0.238 e. The third kappa shape index (κ3) is 4.71. The second-order valence-electron chi connectivity index (χ2n) is 7.66. The Morgan fingerprint density at radius 3 is 2.45 bits per heavy atom. The van der Waals surface area contributed by atoms with Crippen molar-refractivity contribution in [2.45, 2.75) is 32.7 Å². The minimum absolute atomic E-state index is 0.302. The summed E-state index contributed by atoms with van der Waals surface area (Å²) in [6, 6.07) is 16.4. The third-order valence-corrected chi connectivity index (χ3v) is 5.95. The van der Waals surface area contributed by atoms with E-state index in [0.29, 0.717) is 33.7 Å². The zero-order chi connectivity index (χ0) is 21.8. The molecule has 2 heterocycles. The molecule has 0 unspecified atom stereocenters. The van der Waals surface area contributed by atoms with E-state index < -0.39 is 0 Å². The number of halogens is 1. The summed E-state index contributed by atoms with van der Waals surface area (Å²) in [5, 5.41) is 12.6. The second kappa shape index (κ2) is 9.46. The van der Waals surface area contributed by atoms with Crippen LogP contribution in [0.15, 0.2) is 53.1 Å². The van der Waals surface area contributed by atoms with Crippen LogP contribution in [0.4, 0.5) is 11.6 Å². The average molecular weight is 478 g/mol. The Morgan fingerprint density at radius 2 is 1.81 bits per heavy atom. The van der Waals surface area contributed by atoms with Gasteiger partial charge in [-0.05, 0) is 91.1 Å². The number of anilines is 2. The van der Waals surface area contributed by atoms with Crippen molar-refractivity contribution in [2.75, 3.05) is 18.0 Å². The molecule has 6 nitrogen and oxygen atoms in total. The highest BCUT2D eigenvalue weighted by Crippen LogP contribution is 2.35. The molecule has 1 N–H and O–H groups in total. The van der Waals surface area contributed by atoms with Crippen LogP contribution < -0.4 is 15.0 Å². The summed E-state index contributed by atoms with van der Waals surface area (Å²) in [4.78, 5) is 11.6. The van der Waals surface area contributed by atoms with Crippen LogP contribution in [0.5, 0.6) is 11.6 Å². The van der Waals surface area contributed by atoms with Crippen LogP contribution in [-0.2, 0) is 0 Å². The van der Waals surface area contributed by atoms with Crippen LogP contribution in [0, 0.1) is 25.2 Å². The summed E-state index contributed by atoms with van der Waals surface area (Å²) >= 11 is 3.54. The zero-order valence-electron chi connectivity index (χ0n) is 17.6. The Hall–Kier alpha value is -2.95. The van der Waals surface area contributed by atoms with Gasteiger partial charge in [0.05, 0.1) is 22.3 Å². The largest absolute Gasteiger partial charge is 0.437 e. The van der Waals surface area contributed by atoms with Gasteiger partial charge in [-0.1, -0.05) is 18.2 Å². The van der Waals surface area contributed by atoms with Crippen LogP contribution in [0.25, 0.3) is 0 Å². The number of hydrogen-bond donors (Lipinski definition) is 1. The Kier molecular flexibility index (Phi) is 6.50. The van der Waals surface area contributed by atoms with E-state index >= 15 is 0 Å². The topological polar surface area (TPSA) is 74.1 Å². The first-order chi connectivity index (χ1) is 15.1. The molecule has 31 heavy (non-hydrogen) atoms. The monoisotopic (exact) mass is 477 g/mol. The maximum atomic E-state index is 9.21. The number of para-hydroxylation sites is 1. The Labute approximate surface area is 191 Å². The maximum absolute atomic E-state index is 9.21. The number of benzene rings is 2. The normalized spacial score (nSPS) is 14.1. The summed E-state index contributed by atoms with van der Waals surface area (Å²) in [5.74, 6) is 1.77. The molecule has 3 aromatic rings. The Morgan fingerprint density at radius 1 is 1.13 bits per heavy atom. The highest BCUT2D eigenvalue weighted by Gasteiger charge is 2.26. The van der Waals surface area contributed by atoms with E-state index in [0.717, 1.165) is 42.7 Å². The molecule has 1 aliphatic heterocycles. The standard InChI is InChI=1S/C24H24BrN5O/c1-16-12-18(14-26)13-17(2)22(16)31-23-21(25)15-28-24(29-23)30(19-6-4-3-5-7-19)20-8-10-27-11-9-20/h3-7,12-13,15,20,27H,8-11H2,1-2H3. The van der Waals surface area contributed by atoms with Gasteiger partial charge in [0.15, 0.2) is 0 Å². The summed E-state index contributed by atoms with van der Waals surface area (Å²) < 4.78 is 6.92. The molecule has 0 amide bonds. The first-order valence-electron chi connectivity index (χ1n) is 10.3. The quantitative estimate of drug-likeness (QED) is 0.529. The molecule has 0 atom stereocenters. The summed E-state index contributed by atoms with van der Waals surface area (Å²) in [5.41, 5.74) is 3.46. The van der Waals surface area contributed by atoms with Crippen molar-refractivity contribution in [3.8, 4) is 17.7 Å². The molecule has 0 saturated carbocycles. The molecule has 1 fully saturated rings. The van der Waals surface area contributed by atoms with E-state index in [-0.39, 0.29) is 0 Å². The molecule has 7 heteroatoms. The number of nitriles is 1. The lowest BCUT2D eigenvalue weighted by molar-refractivity contribution is 0.437. The van der Waals surface area contributed by atoms with Crippen molar-refractivity contribution in [1.29, 1.82) is 5.26 Å². The van der Waals surface area contributed by atoms with Crippen LogP contribution in [-0.4, -0.2) is 29.1 Å². The molecule has 0 aliphatic carbocycles. The molecule has 0 spiro atoms. The molecule has 158 valence electrons. The highest BCUT2D eigenvalue weighted by molar-refractivity contribution is 9.10. The number of hydrogen-bond acceptors (Lipinski definition) is 6. The van der Waals surface area contributed by atoms with Crippen molar-refractivity contribution in [2.24, 2.45) is 0 Å². The van der Waals surface area contributed by atoms with Crippen molar-refractivity contribution in [3.05, 3.63) is 69.8 Å². The van der Waals surface area contributed by atoms with Gasteiger partial charge in [0, 0.05) is 11.7 Å². The molecule has 1 aromatic heterocycles. The molecule has 4 rings (SSSR count). The minimum Gasteiger partial charge on any atom is -0.437 e. The van der Waals surface area contributed by atoms with Crippen molar-refractivity contribution in [1.82, 2.24) is 15.3 Å². The SMILES string of the molecule is Cc1cc(C#N)cc(C)c1Oc1nc(N(c2ccccc2)C2CCNCC2)ncc1Br. The lowest BCUT2D eigenvalue weighted by atomic mass is 10.0. The average Bonchev–Trinajstić information content (AvgIpc) is 2.79. The fourth-order valence-electron chi connectivity index (χ4n) is 3.95. The Bertz CT molecular complexity index is 1080. The van der Waals surface area contributed by atoms with Gasteiger partial charge in [-0.15, -0.1) is 0 Å². The Balaban J connectivity index is 1.73. The van der Waals surface area contributed by atoms with E-state index in [4.69, 9.17) is 9.72 Å². The van der Waals surface area contributed by atoms with Gasteiger partial charge in [0.2, 0.25) is 11.8 Å². The van der Waals surface area contributed by atoms with Gasteiger partial charge in [0.25, 0.3) is 0 Å². The number of aromatic nitrogens is 2. The molecule has 2 aromatic carbocycles. The third-order valence-electron chi connectivity index (χ3n) is 5.41. The summed E-state index contributed by atoms with van der Waals surface area (Å²) in [6.07, 6.45) is 3.76. The van der Waals surface area contributed by atoms with E-state index in [2.05, 4.69) is 49.3 Å². The van der Waals surface area contributed by atoms with E-state index in [1.807, 2.05) is 44.2 Å². The van der Waals surface area contributed by atoms with Crippen LogP contribution >= 0.6 is 15.9 Å². The van der Waals surface area contributed by atoms with E-state index in [1.165, 1.54) is 0 Å². The molecular formula is C24H24BrN5O. The lowest BCUT2D eigenvalue weighted by Crippen LogP contribution is -2.41. The van der Waals surface area contributed by atoms with E-state index in [1.54, 1.807) is 6.20 Å². The smallest absolute Gasteiger partial charge is 0.238 e. The number of aryl methyl sites for hydroxylation is 2. The first-order valence-corrected chi connectivity index (χ1v) is 11.1. The molecule has 1 saturated heterocycles. The second-order valence-corrected chi connectivity index (χ2v) is 8.52. The number of ether oxygens (including phenoxy) is 1. The number of piperidine rings is 1. The van der Waals surface area contributed by atoms with Gasteiger partial charge in [-0.25, -0.2) is 4.98 Å². The number of nitrogens with zero attached hydrogens (tertiary/aromatic N) is 4. The van der Waals surface area contributed by atoms with Gasteiger partial charge in [-0.2, -0.15) is 10.2 Å². The molecule has 1 aliphatic rings. The first kappa shape index (κ1) is 21.3. The summed E-state index contributed by atoms with van der Waals surface area (Å²) in [7, 11) is 0. The van der Waals surface area contributed by atoms with Crippen molar-refractivity contribution < 1.29 is 4.74 Å². The van der Waals surface area contributed by atoms with Crippen LogP contribution in [0.3, 0.4) is 0 Å². The van der Waals surface area contributed by atoms with Crippen molar-refractivity contribution in [3.63, 3.8) is 0 Å². The molecular weight excluding hydrogens is 454 g/mol. The molecule has 0 radical (unpaired) electrons. The van der Waals surface area contributed by atoms with Gasteiger partial charge in [0.1, 0.15) is 5.75 Å². The number of nitrogens with one attached hydrogen (secondary N) is 1. The minimum atomic E-state index is 0.302. The van der Waals surface area contributed by atoms with Crippen LogP contribution in [0.2, 0.25) is 0 Å². The summed E-state index contributed by atoms with van der Waals surface area (Å²) in [6.45, 7) is 5.81. The van der Waals surface area contributed by atoms with Gasteiger partial charge >= 0.3 is 0 Å². The number of rotatable bonds is 5. The van der Waals surface area contributed by atoms with Gasteiger partial charge in [-0.3, -0.25) is 0 Å². The van der Waals surface area contributed by atoms with E-state index in [9.17, 15) is 5.26 Å². The van der Waals surface area contributed by atoms with Crippen LogP contribution in [0.1, 0.15) is 29.5 Å².